The van der Waals surface area contributed by atoms with E-state index < -0.39 is 0 Å². The monoisotopic (exact) mass is 199 g/mol. The molecule has 1 aromatic rings. The summed E-state index contributed by atoms with van der Waals surface area (Å²) >= 11 is 5.67. The predicted octanol–water partition coefficient (Wildman–Crippen LogP) is 0.965. The van der Waals surface area contributed by atoms with Crippen LogP contribution in [-0.4, -0.2) is 36.3 Å². The summed E-state index contributed by atoms with van der Waals surface area (Å²) in [4.78, 5) is 10.2. The predicted molar refractivity (Wildman–Crippen MR) is 50.1 cm³/mol. The highest BCUT2D eigenvalue weighted by Crippen LogP contribution is 2.18. The third kappa shape index (κ3) is 1.73. The highest BCUT2D eigenvalue weighted by Gasteiger charge is 2.28. The fourth-order valence-electron chi connectivity index (χ4n) is 1.22. The Kier molecular flexibility index (Phi) is 2.33. The van der Waals surface area contributed by atoms with Crippen molar-refractivity contribution < 1.29 is 4.74 Å². The molecule has 0 spiro atoms. The van der Waals surface area contributed by atoms with E-state index in [0.717, 1.165) is 19.0 Å². The average molecular weight is 200 g/mol. The van der Waals surface area contributed by atoms with Gasteiger partial charge in [-0.15, -0.1) is 0 Å². The molecule has 2 heterocycles. The molecule has 5 heteroatoms. The summed E-state index contributed by atoms with van der Waals surface area (Å²) in [5.74, 6) is 0.720. The molecule has 0 saturated carbocycles. The van der Waals surface area contributed by atoms with Gasteiger partial charge in [0, 0.05) is 20.2 Å². The molecule has 0 bridgehead atoms. The Morgan fingerprint density at radius 2 is 2.08 bits per heavy atom. The molecule has 0 radical (unpaired) electrons. The van der Waals surface area contributed by atoms with Crippen LogP contribution >= 0.6 is 11.6 Å². The third-order valence-electron chi connectivity index (χ3n) is 2.07. The smallest absolute Gasteiger partial charge is 0.225 e. The quantitative estimate of drug-likeness (QED) is 0.712. The van der Waals surface area contributed by atoms with Crippen LogP contribution in [0.2, 0.25) is 5.02 Å². The second-order valence-corrected chi connectivity index (χ2v) is 3.40. The lowest BCUT2D eigenvalue weighted by atomic mass is 10.2. The first-order chi connectivity index (χ1) is 6.29. The molecule has 1 fully saturated rings. The zero-order valence-corrected chi connectivity index (χ0v) is 8.03. The summed E-state index contributed by atoms with van der Waals surface area (Å²) in [6.07, 6.45) is 3.52. The molecular formula is C8H10ClN3O. The molecule has 0 atom stereocenters. The van der Waals surface area contributed by atoms with Gasteiger partial charge < -0.3 is 9.64 Å². The molecule has 1 aliphatic rings. The lowest BCUT2D eigenvalue weighted by Crippen LogP contribution is -2.52. The number of hydrogen-bond donors (Lipinski definition) is 0. The second-order valence-electron chi connectivity index (χ2n) is 2.96. The fourth-order valence-corrected chi connectivity index (χ4v) is 1.32. The summed E-state index contributed by atoms with van der Waals surface area (Å²) in [6, 6.07) is 0. The van der Waals surface area contributed by atoms with Gasteiger partial charge >= 0.3 is 0 Å². The van der Waals surface area contributed by atoms with Gasteiger partial charge in [0.15, 0.2) is 0 Å². The first-order valence-electron chi connectivity index (χ1n) is 4.05. The Hall–Kier alpha value is -0.870. The van der Waals surface area contributed by atoms with E-state index in [1.54, 1.807) is 19.5 Å². The van der Waals surface area contributed by atoms with Crippen LogP contribution in [0.25, 0.3) is 0 Å². The Morgan fingerprint density at radius 1 is 1.46 bits per heavy atom. The van der Waals surface area contributed by atoms with Crippen molar-refractivity contribution in [1.29, 1.82) is 0 Å². The lowest BCUT2D eigenvalue weighted by Gasteiger charge is -2.37. The minimum atomic E-state index is 0.319. The number of anilines is 1. The highest BCUT2D eigenvalue weighted by atomic mass is 35.5. The molecule has 0 aromatic carbocycles. The van der Waals surface area contributed by atoms with E-state index in [-0.39, 0.29) is 0 Å². The van der Waals surface area contributed by atoms with Crippen molar-refractivity contribution in [2.75, 3.05) is 25.1 Å². The summed E-state index contributed by atoms with van der Waals surface area (Å²) in [5, 5.41) is 0.563. The minimum Gasteiger partial charge on any atom is -0.378 e. The molecule has 13 heavy (non-hydrogen) atoms. The summed E-state index contributed by atoms with van der Waals surface area (Å²) in [5.41, 5.74) is 0. The number of hydrogen-bond acceptors (Lipinski definition) is 4. The molecule has 1 aliphatic heterocycles. The Labute approximate surface area is 81.5 Å². The zero-order chi connectivity index (χ0) is 9.26. The normalized spacial score (nSPS) is 17.2. The largest absolute Gasteiger partial charge is 0.378 e. The van der Waals surface area contributed by atoms with E-state index in [2.05, 4.69) is 9.97 Å². The van der Waals surface area contributed by atoms with Gasteiger partial charge in [0.2, 0.25) is 5.95 Å². The van der Waals surface area contributed by atoms with Crippen molar-refractivity contribution in [3.05, 3.63) is 17.4 Å². The van der Waals surface area contributed by atoms with E-state index in [1.807, 2.05) is 4.90 Å². The molecule has 1 aromatic heterocycles. The Balaban J connectivity index is 1.99. The zero-order valence-electron chi connectivity index (χ0n) is 7.27. The van der Waals surface area contributed by atoms with E-state index >= 15 is 0 Å². The van der Waals surface area contributed by atoms with E-state index in [4.69, 9.17) is 16.3 Å². The second kappa shape index (κ2) is 3.47. The maximum atomic E-state index is 5.67. The number of halogens is 1. The van der Waals surface area contributed by atoms with Gasteiger partial charge in [0.25, 0.3) is 0 Å². The molecule has 70 valence electrons. The Morgan fingerprint density at radius 3 is 2.62 bits per heavy atom. The molecule has 0 N–H and O–H groups in total. The number of nitrogens with zero attached hydrogens (tertiary/aromatic N) is 3. The van der Waals surface area contributed by atoms with Crippen LogP contribution in [0, 0.1) is 0 Å². The maximum Gasteiger partial charge on any atom is 0.225 e. The van der Waals surface area contributed by atoms with Crippen LogP contribution in [0.4, 0.5) is 5.95 Å². The molecule has 0 aliphatic carbocycles. The maximum absolute atomic E-state index is 5.67. The van der Waals surface area contributed by atoms with Crippen molar-refractivity contribution >= 4 is 17.5 Å². The molecular weight excluding hydrogens is 190 g/mol. The van der Waals surface area contributed by atoms with Crippen molar-refractivity contribution in [2.24, 2.45) is 0 Å². The fraction of sp³-hybridized carbons (Fsp3) is 0.500. The van der Waals surface area contributed by atoms with Gasteiger partial charge in [0.1, 0.15) is 0 Å². The molecule has 0 amide bonds. The minimum absolute atomic E-state index is 0.319. The van der Waals surface area contributed by atoms with Crippen molar-refractivity contribution in [2.45, 2.75) is 6.10 Å². The van der Waals surface area contributed by atoms with Crippen LogP contribution in [0.1, 0.15) is 0 Å². The van der Waals surface area contributed by atoms with E-state index in [9.17, 15) is 0 Å². The van der Waals surface area contributed by atoms with Gasteiger partial charge in [0.05, 0.1) is 23.5 Å². The summed E-state index contributed by atoms with van der Waals surface area (Å²) in [7, 11) is 1.71. The third-order valence-corrected chi connectivity index (χ3v) is 2.27. The van der Waals surface area contributed by atoms with E-state index in [0.29, 0.717) is 11.1 Å². The highest BCUT2D eigenvalue weighted by molar-refractivity contribution is 6.30. The van der Waals surface area contributed by atoms with Crippen LogP contribution in [0.5, 0.6) is 0 Å². The first-order valence-corrected chi connectivity index (χ1v) is 4.42. The van der Waals surface area contributed by atoms with Crippen molar-refractivity contribution in [3.8, 4) is 0 Å². The molecule has 4 nitrogen and oxygen atoms in total. The van der Waals surface area contributed by atoms with Crippen LogP contribution in [-0.2, 0) is 4.74 Å². The first kappa shape index (κ1) is 8.72. The van der Waals surface area contributed by atoms with Crippen LogP contribution in [0.15, 0.2) is 12.4 Å². The van der Waals surface area contributed by atoms with Gasteiger partial charge in [-0.1, -0.05) is 11.6 Å². The SMILES string of the molecule is COC1CN(c2ncc(Cl)cn2)C1. The molecule has 2 rings (SSSR count). The average Bonchev–Trinajstić information content (AvgIpc) is 2.06. The van der Waals surface area contributed by atoms with Gasteiger partial charge in [-0.2, -0.15) is 0 Å². The van der Waals surface area contributed by atoms with Gasteiger partial charge in [-0.05, 0) is 0 Å². The van der Waals surface area contributed by atoms with Crippen LogP contribution in [0.3, 0.4) is 0 Å². The lowest BCUT2D eigenvalue weighted by molar-refractivity contribution is 0.0778. The summed E-state index contributed by atoms with van der Waals surface area (Å²) < 4.78 is 5.14. The van der Waals surface area contributed by atoms with Gasteiger partial charge in [-0.3, -0.25) is 0 Å². The molecule has 1 saturated heterocycles. The summed E-state index contributed by atoms with van der Waals surface area (Å²) in [6.45, 7) is 1.72. The van der Waals surface area contributed by atoms with Crippen molar-refractivity contribution in [3.63, 3.8) is 0 Å². The molecule has 0 unspecified atom stereocenters. The topological polar surface area (TPSA) is 38.2 Å². The van der Waals surface area contributed by atoms with E-state index in [1.165, 1.54) is 0 Å². The van der Waals surface area contributed by atoms with Gasteiger partial charge in [-0.25, -0.2) is 9.97 Å². The number of rotatable bonds is 2. The standard InChI is InChI=1S/C8H10ClN3O/c1-13-7-4-12(5-7)8-10-2-6(9)3-11-8/h2-3,7H,4-5H2,1H3. The van der Waals surface area contributed by atoms with Crippen molar-refractivity contribution in [1.82, 2.24) is 9.97 Å². The van der Waals surface area contributed by atoms with Crippen LogP contribution < -0.4 is 4.90 Å². The number of aromatic nitrogens is 2. The number of methoxy groups -OCH3 is 1. The number of ether oxygens (including phenoxy) is 1. The Bertz CT molecular complexity index is 284.